The number of amides is 1. The third-order valence-corrected chi connectivity index (χ3v) is 6.38. The molecule has 0 saturated carbocycles. The summed E-state index contributed by atoms with van der Waals surface area (Å²) in [6.07, 6.45) is 0. The molecule has 0 saturated heterocycles. The first-order valence-corrected chi connectivity index (χ1v) is 11.4. The van der Waals surface area contributed by atoms with Crippen molar-refractivity contribution in [1.82, 2.24) is 24.5 Å². The molecular formula is C23H23ClN6OS. The summed E-state index contributed by atoms with van der Waals surface area (Å²) in [4.78, 5) is 12.7. The van der Waals surface area contributed by atoms with Gasteiger partial charge in [-0.3, -0.25) is 14.0 Å². The maximum Gasteiger partial charge on any atom is 0.234 e. The molecule has 1 amide bonds. The summed E-state index contributed by atoms with van der Waals surface area (Å²) in [6.45, 7) is 5.84. The average molecular weight is 467 g/mol. The van der Waals surface area contributed by atoms with Crippen molar-refractivity contribution in [3.63, 3.8) is 0 Å². The van der Waals surface area contributed by atoms with Gasteiger partial charge in [-0.1, -0.05) is 41.6 Å². The lowest BCUT2D eigenvalue weighted by molar-refractivity contribution is -0.113. The van der Waals surface area contributed by atoms with E-state index in [-0.39, 0.29) is 11.7 Å². The SMILES string of the molecule is Cc1ccccc1-n1c(SCC(=O)Nc2c(C)nn(C)c2C)nnc1-c1ccc(Cl)cc1. The van der Waals surface area contributed by atoms with Gasteiger partial charge in [0, 0.05) is 17.6 Å². The van der Waals surface area contributed by atoms with Crippen LogP contribution in [0.2, 0.25) is 5.02 Å². The highest BCUT2D eigenvalue weighted by Gasteiger charge is 2.19. The number of rotatable bonds is 6. The number of para-hydroxylation sites is 1. The Balaban J connectivity index is 1.63. The number of carbonyl (C=O) groups is 1. The number of hydrogen-bond donors (Lipinski definition) is 1. The summed E-state index contributed by atoms with van der Waals surface area (Å²) in [5.74, 6) is 0.762. The quantitative estimate of drug-likeness (QED) is 0.405. The second-order valence-electron chi connectivity index (χ2n) is 7.44. The van der Waals surface area contributed by atoms with E-state index in [0.717, 1.165) is 33.9 Å². The van der Waals surface area contributed by atoms with Gasteiger partial charge >= 0.3 is 0 Å². The van der Waals surface area contributed by atoms with Crippen molar-refractivity contribution in [3.05, 3.63) is 70.5 Å². The Kier molecular flexibility index (Phi) is 6.34. The molecule has 7 nitrogen and oxygen atoms in total. The lowest BCUT2D eigenvalue weighted by Crippen LogP contribution is -2.15. The Labute approximate surface area is 195 Å². The summed E-state index contributed by atoms with van der Waals surface area (Å²) < 4.78 is 3.74. The van der Waals surface area contributed by atoms with Gasteiger partial charge in [-0.05, 0) is 56.7 Å². The van der Waals surface area contributed by atoms with Crippen LogP contribution in [0.4, 0.5) is 5.69 Å². The van der Waals surface area contributed by atoms with E-state index in [4.69, 9.17) is 11.6 Å². The van der Waals surface area contributed by atoms with Crippen LogP contribution in [0.15, 0.2) is 53.7 Å². The molecule has 32 heavy (non-hydrogen) atoms. The topological polar surface area (TPSA) is 77.6 Å². The minimum atomic E-state index is -0.124. The van der Waals surface area contributed by atoms with Crippen molar-refractivity contribution in [3.8, 4) is 17.1 Å². The molecule has 0 fully saturated rings. The van der Waals surface area contributed by atoms with E-state index in [0.29, 0.717) is 16.0 Å². The molecule has 2 aromatic heterocycles. The van der Waals surface area contributed by atoms with Gasteiger partial charge in [0.15, 0.2) is 11.0 Å². The number of anilines is 1. The van der Waals surface area contributed by atoms with Crippen LogP contribution in [0.3, 0.4) is 0 Å². The highest BCUT2D eigenvalue weighted by Crippen LogP contribution is 2.30. The van der Waals surface area contributed by atoms with Crippen molar-refractivity contribution in [2.24, 2.45) is 7.05 Å². The first kappa shape index (κ1) is 22.1. The van der Waals surface area contributed by atoms with Crippen LogP contribution in [0.5, 0.6) is 0 Å². The Hall–Kier alpha value is -3.10. The van der Waals surface area contributed by atoms with Crippen LogP contribution in [0.1, 0.15) is 17.0 Å². The monoisotopic (exact) mass is 466 g/mol. The molecule has 0 aliphatic carbocycles. The van der Waals surface area contributed by atoms with Gasteiger partial charge in [0.2, 0.25) is 5.91 Å². The predicted molar refractivity (Wildman–Crippen MR) is 129 cm³/mol. The van der Waals surface area contributed by atoms with E-state index in [1.807, 2.05) is 80.9 Å². The first-order valence-electron chi connectivity index (χ1n) is 10.1. The summed E-state index contributed by atoms with van der Waals surface area (Å²) in [5.41, 5.74) is 5.38. The van der Waals surface area contributed by atoms with Gasteiger partial charge in [0.1, 0.15) is 0 Å². The van der Waals surface area contributed by atoms with Crippen LogP contribution in [-0.2, 0) is 11.8 Å². The first-order chi connectivity index (χ1) is 15.3. The van der Waals surface area contributed by atoms with Crippen molar-refractivity contribution >= 4 is 35.0 Å². The summed E-state index contributed by atoms with van der Waals surface area (Å²) in [7, 11) is 1.86. The molecule has 2 heterocycles. The molecule has 2 aromatic carbocycles. The van der Waals surface area contributed by atoms with Crippen molar-refractivity contribution in [2.45, 2.75) is 25.9 Å². The van der Waals surface area contributed by atoms with E-state index in [1.54, 1.807) is 4.68 Å². The van der Waals surface area contributed by atoms with Crippen LogP contribution in [0.25, 0.3) is 17.1 Å². The van der Waals surface area contributed by atoms with Crippen molar-refractivity contribution in [2.75, 3.05) is 11.1 Å². The maximum absolute atomic E-state index is 12.7. The summed E-state index contributed by atoms with van der Waals surface area (Å²) >= 11 is 7.40. The minimum absolute atomic E-state index is 0.124. The third-order valence-electron chi connectivity index (χ3n) is 5.20. The van der Waals surface area contributed by atoms with Gasteiger partial charge in [-0.15, -0.1) is 10.2 Å². The van der Waals surface area contributed by atoms with Gasteiger partial charge < -0.3 is 5.32 Å². The zero-order valence-electron chi connectivity index (χ0n) is 18.3. The number of hydrogen-bond acceptors (Lipinski definition) is 5. The largest absolute Gasteiger partial charge is 0.322 e. The Morgan fingerprint density at radius 3 is 2.44 bits per heavy atom. The Bertz CT molecular complexity index is 1280. The standard InChI is InChI=1S/C23H23ClN6OS/c1-14-7-5-6-8-19(14)30-22(17-9-11-18(24)12-10-17)26-27-23(30)32-13-20(31)25-21-15(2)28-29(4)16(21)3/h5-12H,13H2,1-4H3,(H,25,31). The van der Waals surface area contributed by atoms with Crippen LogP contribution >= 0.6 is 23.4 Å². The van der Waals surface area contributed by atoms with E-state index in [2.05, 4.69) is 20.6 Å². The van der Waals surface area contributed by atoms with Gasteiger partial charge in [-0.25, -0.2) is 0 Å². The predicted octanol–water partition coefficient (Wildman–Crippen LogP) is 4.98. The lowest BCUT2D eigenvalue weighted by Gasteiger charge is -2.13. The van der Waals surface area contributed by atoms with E-state index in [9.17, 15) is 4.79 Å². The Morgan fingerprint density at radius 2 is 1.78 bits per heavy atom. The van der Waals surface area contributed by atoms with Crippen molar-refractivity contribution < 1.29 is 4.79 Å². The zero-order valence-corrected chi connectivity index (χ0v) is 19.8. The van der Waals surface area contributed by atoms with E-state index in [1.165, 1.54) is 11.8 Å². The number of aryl methyl sites for hydroxylation is 3. The fraction of sp³-hybridized carbons (Fsp3) is 0.217. The molecule has 0 aliphatic heterocycles. The zero-order chi connectivity index (χ0) is 22.8. The number of carbonyl (C=O) groups excluding carboxylic acids is 1. The highest BCUT2D eigenvalue weighted by molar-refractivity contribution is 7.99. The molecule has 0 bridgehead atoms. The molecule has 4 rings (SSSR count). The molecule has 164 valence electrons. The van der Waals surface area contributed by atoms with Crippen LogP contribution in [0, 0.1) is 20.8 Å². The normalized spacial score (nSPS) is 11.0. The number of aromatic nitrogens is 5. The summed E-state index contributed by atoms with van der Waals surface area (Å²) in [5, 5.41) is 17.4. The molecule has 4 aromatic rings. The number of thioether (sulfide) groups is 1. The Morgan fingerprint density at radius 1 is 1.06 bits per heavy atom. The number of nitrogens with one attached hydrogen (secondary N) is 1. The molecule has 1 N–H and O–H groups in total. The summed E-state index contributed by atoms with van der Waals surface area (Å²) in [6, 6.07) is 15.5. The van der Waals surface area contributed by atoms with Gasteiger partial charge in [0.05, 0.1) is 28.5 Å². The highest BCUT2D eigenvalue weighted by atomic mass is 35.5. The molecule has 0 aliphatic rings. The fourth-order valence-electron chi connectivity index (χ4n) is 3.44. The molecule has 0 radical (unpaired) electrons. The maximum atomic E-state index is 12.7. The molecule has 9 heteroatoms. The number of nitrogens with zero attached hydrogens (tertiary/aromatic N) is 5. The van der Waals surface area contributed by atoms with Crippen LogP contribution in [-0.4, -0.2) is 36.2 Å². The number of benzene rings is 2. The number of halogens is 1. The molecule has 0 spiro atoms. The smallest absolute Gasteiger partial charge is 0.234 e. The van der Waals surface area contributed by atoms with E-state index >= 15 is 0 Å². The molecule has 0 unspecified atom stereocenters. The second kappa shape index (κ2) is 9.18. The third kappa shape index (κ3) is 4.42. The van der Waals surface area contributed by atoms with Crippen molar-refractivity contribution in [1.29, 1.82) is 0 Å². The second-order valence-corrected chi connectivity index (χ2v) is 8.82. The van der Waals surface area contributed by atoms with Gasteiger partial charge in [0.25, 0.3) is 0 Å². The fourth-order valence-corrected chi connectivity index (χ4v) is 4.31. The minimum Gasteiger partial charge on any atom is -0.322 e. The average Bonchev–Trinajstić information content (AvgIpc) is 3.29. The van der Waals surface area contributed by atoms with Crippen LogP contribution < -0.4 is 5.32 Å². The van der Waals surface area contributed by atoms with E-state index < -0.39 is 0 Å². The molecule has 0 atom stereocenters. The molecular weight excluding hydrogens is 444 g/mol. The lowest BCUT2D eigenvalue weighted by atomic mass is 10.1. The van der Waals surface area contributed by atoms with Gasteiger partial charge in [-0.2, -0.15) is 5.10 Å².